The Balaban J connectivity index is 1.08. The van der Waals surface area contributed by atoms with Crippen molar-refractivity contribution in [1.82, 2.24) is 20.4 Å². The van der Waals surface area contributed by atoms with Crippen molar-refractivity contribution in [1.29, 1.82) is 0 Å². The molecule has 4 aliphatic rings. The Morgan fingerprint density at radius 1 is 1.32 bits per heavy atom. The molecular weight excluding hydrogens is 438 g/mol. The average molecular weight is 472 g/mol. The number of carbonyl (C=O) groups is 2. The van der Waals surface area contributed by atoms with Gasteiger partial charge in [-0.2, -0.15) is 5.10 Å². The second-order valence-electron chi connectivity index (χ2n) is 9.88. The molecule has 184 valence electrons. The number of nitrogens with zero attached hydrogens (tertiary/aromatic N) is 3. The number of aliphatic imine (C=N–C) groups is 1. The van der Waals surface area contributed by atoms with Crippen LogP contribution < -0.4 is 10.6 Å². The minimum Gasteiger partial charge on any atom is -0.446 e. The number of carbonyl (C=O) groups excluding carboxylic acids is 2. The third-order valence-electron chi connectivity index (χ3n) is 7.43. The van der Waals surface area contributed by atoms with Crippen LogP contribution in [-0.4, -0.2) is 65.6 Å². The Hall–Kier alpha value is -2.72. The molecule has 10 heteroatoms. The zero-order valence-corrected chi connectivity index (χ0v) is 19.8. The van der Waals surface area contributed by atoms with Crippen molar-refractivity contribution in [2.45, 2.75) is 69.3 Å². The van der Waals surface area contributed by atoms with E-state index < -0.39 is 0 Å². The summed E-state index contributed by atoms with van der Waals surface area (Å²) in [5, 5.41) is 10.1. The van der Waals surface area contributed by atoms with Crippen molar-refractivity contribution in [2.24, 2.45) is 18.0 Å². The maximum absolute atomic E-state index is 12.6. The van der Waals surface area contributed by atoms with Gasteiger partial charge in [0.2, 0.25) is 0 Å². The number of hydrogen-bond donors (Lipinski definition) is 2. The van der Waals surface area contributed by atoms with E-state index in [4.69, 9.17) is 14.2 Å². The molecule has 1 spiro atoms. The van der Waals surface area contributed by atoms with Gasteiger partial charge >= 0.3 is 6.09 Å². The van der Waals surface area contributed by atoms with Crippen molar-refractivity contribution >= 4 is 17.8 Å². The van der Waals surface area contributed by atoms with Crippen molar-refractivity contribution < 1.29 is 23.8 Å². The summed E-state index contributed by atoms with van der Waals surface area (Å²) >= 11 is 0. The van der Waals surface area contributed by atoms with E-state index in [2.05, 4.69) is 20.7 Å². The molecule has 10 nitrogen and oxygen atoms in total. The monoisotopic (exact) mass is 471 g/mol. The Morgan fingerprint density at radius 2 is 2.18 bits per heavy atom. The molecule has 1 aromatic heterocycles. The first-order chi connectivity index (χ1) is 16.4. The maximum Gasteiger partial charge on any atom is 0.407 e. The topological polar surface area (TPSA) is 116 Å². The third-order valence-corrected chi connectivity index (χ3v) is 7.43. The molecule has 2 amide bonds. The lowest BCUT2D eigenvalue weighted by molar-refractivity contribution is -0.0563. The van der Waals surface area contributed by atoms with Gasteiger partial charge in [-0.15, -0.1) is 0 Å². The number of ether oxygens (including phenoxy) is 3. The summed E-state index contributed by atoms with van der Waals surface area (Å²) in [4.78, 5) is 29.5. The standard InChI is InChI=1S/C24H33N5O5/c1-29-20(10-17(28-29)13-32-2)22(30)27-21-9-16(12-25-21)15-4-5-19(8-15)34-23(31)26-18-11-24(33-14-18)6-3-7-24/h9-10,15,18-19H,3-8,11-14H2,1-2H3,(H,26,31)(H,25,27,30)/t15-,18+,19+/m0/s1. The van der Waals surface area contributed by atoms with Crippen molar-refractivity contribution in [3.8, 4) is 0 Å². The molecule has 1 aromatic rings. The van der Waals surface area contributed by atoms with E-state index in [1.807, 2.05) is 6.08 Å². The fourth-order valence-electron chi connectivity index (χ4n) is 5.50. The molecular formula is C24H33N5O5. The Morgan fingerprint density at radius 3 is 2.91 bits per heavy atom. The van der Waals surface area contributed by atoms with E-state index in [0.29, 0.717) is 42.9 Å². The van der Waals surface area contributed by atoms with Gasteiger partial charge in [-0.25, -0.2) is 4.79 Å². The number of amides is 2. The molecule has 0 unspecified atom stereocenters. The fourth-order valence-corrected chi connectivity index (χ4v) is 5.50. The number of hydrogen-bond acceptors (Lipinski definition) is 7. The van der Waals surface area contributed by atoms with Crippen molar-refractivity contribution in [3.05, 3.63) is 29.1 Å². The van der Waals surface area contributed by atoms with E-state index in [1.54, 1.807) is 20.2 Å². The van der Waals surface area contributed by atoms with Gasteiger partial charge in [-0.1, -0.05) is 0 Å². The summed E-state index contributed by atoms with van der Waals surface area (Å²) in [6.45, 7) is 1.49. The van der Waals surface area contributed by atoms with Gasteiger partial charge in [0, 0.05) is 14.2 Å². The second-order valence-corrected chi connectivity index (χ2v) is 9.88. The highest BCUT2D eigenvalue weighted by molar-refractivity contribution is 6.10. The predicted octanol–water partition coefficient (Wildman–Crippen LogP) is 2.24. The van der Waals surface area contributed by atoms with Gasteiger partial charge in [0.1, 0.15) is 17.6 Å². The zero-order valence-electron chi connectivity index (χ0n) is 19.8. The van der Waals surface area contributed by atoms with E-state index in [0.717, 1.165) is 38.5 Å². The summed E-state index contributed by atoms with van der Waals surface area (Å²) in [6.07, 6.45) is 8.36. The first-order valence-electron chi connectivity index (χ1n) is 12.1. The normalized spacial score (nSPS) is 27.3. The fraction of sp³-hybridized carbons (Fsp3) is 0.667. The molecule has 2 N–H and O–H groups in total. The predicted molar refractivity (Wildman–Crippen MR) is 123 cm³/mol. The first kappa shape index (κ1) is 23.0. The lowest BCUT2D eigenvalue weighted by Crippen LogP contribution is -2.40. The van der Waals surface area contributed by atoms with E-state index in [1.165, 1.54) is 16.7 Å². The van der Waals surface area contributed by atoms with Gasteiger partial charge in [0.15, 0.2) is 0 Å². The van der Waals surface area contributed by atoms with Gasteiger partial charge < -0.3 is 24.8 Å². The highest BCUT2D eigenvalue weighted by atomic mass is 16.6. The van der Waals surface area contributed by atoms with Crippen LogP contribution in [0.5, 0.6) is 0 Å². The van der Waals surface area contributed by atoms with Crippen LogP contribution in [0.4, 0.5) is 4.79 Å². The minimum atomic E-state index is -0.343. The lowest BCUT2D eigenvalue weighted by Gasteiger charge is -2.37. The van der Waals surface area contributed by atoms with Crippen molar-refractivity contribution in [3.63, 3.8) is 0 Å². The Kier molecular flexibility index (Phi) is 6.44. The highest BCUT2D eigenvalue weighted by Gasteiger charge is 2.45. The third kappa shape index (κ3) is 4.88. The Bertz CT molecular complexity index is 1010. The molecule has 2 aliphatic heterocycles. The number of nitrogens with one attached hydrogen (secondary N) is 2. The van der Waals surface area contributed by atoms with Crippen LogP contribution in [0, 0.1) is 5.92 Å². The summed E-state index contributed by atoms with van der Waals surface area (Å²) < 4.78 is 18.2. The number of alkyl carbamates (subject to hydrolysis) is 1. The van der Waals surface area contributed by atoms with Gasteiger partial charge in [-0.3, -0.25) is 14.5 Å². The van der Waals surface area contributed by atoms with Gasteiger partial charge in [0.25, 0.3) is 5.91 Å². The molecule has 3 heterocycles. The molecule has 2 saturated carbocycles. The lowest BCUT2D eigenvalue weighted by atomic mass is 9.77. The number of aromatic nitrogens is 2. The van der Waals surface area contributed by atoms with Gasteiger partial charge in [0.05, 0.1) is 37.1 Å². The molecule has 3 atom stereocenters. The van der Waals surface area contributed by atoms with Gasteiger partial charge in [-0.05, 0) is 68.6 Å². The van der Waals surface area contributed by atoms with Crippen LogP contribution in [0.3, 0.4) is 0 Å². The van der Waals surface area contributed by atoms with Crippen LogP contribution >= 0.6 is 0 Å². The van der Waals surface area contributed by atoms with Crippen LogP contribution in [-0.2, 0) is 27.9 Å². The second kappa shape index (κ2) is 9.50. The maximum atomic E-state index is 12.6. The summed E-state index contributed by atoms with van der Waals surface area (Å²) in [5.74, 6) is 0.606. The molecule has 5 rings (SSSR count). The quantitative estimate of drug-likeness (QED) is 0.657. The molecule has 34 heavy (non-hydrogen) atoms. The SMILES string of the molecule is COCc1cc(C(=O)NC2=NCC([C@H]3CC[C@@H](OC(=O)N[C@H]4COC5(CCC5)C4)C3)=C2)n(C)n1. The van der Waals surface area contributed by atoms with E-state index >= 15 is 0 Å². The molecule has 0 aromatic carbocycles. The smallest absolute Gasteiger partial charge is 0.407 e. The summed E-state index contributed by atoms with van der Waals surface area (Å²) in [5.41, 5.74) is 2.33. The first-order valence-corrected chi connectivity index (χ1v) is 12.1. The average Bonchev–Trinajstić information content (AvgIpc) is 3.54. The number of amidine groups is 1. The number of aryl methyl sites for hydroxylation is 1. The molecule has 0 bridgehead atoms. The molecule has 2 aliphatic carbocycles. The number of methoxy groups -OCH3 is 1. The van der Waals surface area contributed by atoms with Crippen molar-refractivity contribution in [2.75, 3.05) is 20.3 Å². The molecule has 1 saturated heterocycles. The van der Waals surface area contributed by atoms with E-state index in [9.17, 15) is 9.59 Å². The zero-order chi connectivity index (χ0) is 23.7. The highest BCUT2D eigenvalue weighted by Crippen LogP contribution is 2.43. The van der Waals surface area contributed by atoms with Crippen LogP contribution in [0.2, 0.25) is 0 Å². The van der Waals surface area contributed by atoms with Crippen LogP contribution in [0.1, 0.15) is 61.1 Å². The van der Waals surface area contributed by atoms with Crippen LogP contribution in [0.25, 0.3) is 0 Å². The van der Waals surface area contributed by atoms with E-state index in [-0.39, 0.29) is 29.7 Å². The molecule has 3 fully saturated rings. The van der Waals surface area contributed by atoms with Crippen LogP contribution in [0.15, 0.2) is 22.7 Å². The molecule has 0 radical (unpaired) electrons. The summed E-state index contributed by atoms with van der Waals surface area (Å²) in [7, 11) is 3.32. The minimum absolute atomic E-state index is 0.0153. The largest absolute Gasteiger partial charge is 0.446 e. The Labute approximate surface area is 199 Å². The number of rotatable bonds is 6. The summed E-state index contributed by atoms with van der Waals surface area (Å²) in [6, 6.07) is 1.76.